The fraction of sp³-hybridized carbons (Fsp3) is 0.786. The monoisotopic (exact) mass is 407 g/mol. The molecule has 6 aliphatic rings. The van der Waals surface area contributed by atoms with E-state index in [0.717, 1.165) is 23.7 Å². The summed E-state index contributed by atoms with van der Waals surface area (Å²) >= 11 is 0. The number of ether oxygens (including phenoxy) is 1. The zero-order valence-electron chi connectivity index (χ0n) is 19.3. The maximum absolute atomic E-state index is 6.50. The molecule has 0 spiro atoms. The molecule has 0 amide bonds. The van der Waals surface area contributed by atoms with Crippen LogP contribution in [0.3, 0.4) is 0 Å². The highest BCUT2D eigenvalue weighted by molar-refractivity contribution is 5.31. The maximum atomic E-state index is 6.50. The summed E-state index contributed by atoms with van der Waals surface area (Å²) in [4.78, 5) is 0. The molecule has 0 radical (unpaired) electrons. The van der Waals surface area contributed by atoms with E-state index in [1.54, 1.807) is 0 Å². The summed E-state index contributed by atoms with van der Waals surface area (Å²) in [6.45, 7) is 7.74. The van der Waals surface area contributed by atoms with Gasteiger partial charge in [0.1, 0.15) is 0 Å². The molecule has 1 N–H and O–H groups in total. The molecular weight excluding hydrogens is 366 g/mol. The first kappa shape index (κ1) is 19.6. The van der Waals surface area contributed by atoms with Gasteiger partial charge in [-0.1, -0.05) is 64.7 Å². The molecule has 4 fully saturated rings. The van der Waals surface area contributed by atoms with Gasteiger partial charge in [0, 0.05) is 17.3 Å². The van der Waals surface area contributed by atoms with Gasteiger partial charge in [-0.2, -0.15) is 0 Å². The van der Waals surface area contributed by atoms with Crippen LogP contribution < -0.4 is 5.32 Å². The molecule has 9 atom stereocenters. The van der Waals surface area contributed by atoms with Gasteiger partial charge in [0.2, 0.25) is 0 Å². The number of rotatable bonds is 2. The zero-order valence-corrected chi connectivity index (χ0v) is 19.3. The van der Waals surface area contributed by atoms with Crippen LogP contribution in [0.1, 0.15) is 78.6 Å². The molecule has 3 saturated carbocycles. The Morgan fingerprint density at radius 3 is 2.57 bits per heavy atom. The van der Waals surface area contributed by atoms with Crippen molar-refractivity contribution < 1.29 is 4.74 Å². The first-order chi connectivity index (χ1) is 14.6. The van der Waals surface area contributed by atoms with E-state index < -0.39 is 0 Å². The molecule has 164 valence electrons. The molecular formula is C28H41NO. The average molecular weight is 408 g/mol. The second kappa shape index (κ2) is 7.26. The lowest BCUT2D eigenvalue weighted by molar-refractivity contribution is 0.0373. The van der Waals surface area contributed by atoms with Gasteiger partial charge in [-0.3, -0.25) is 0 Å². The van der Waals surface area contributed by atoms with Crippen molar-refractivity contribution in [1.29, 1.82) is 0 Å². The van der Waals surface area contributed by atoms with Crippen LogP contribution in [-0.2, 0) is 4.74 Å². The summed E-state index contributed by atoms with van der Waals surface area (Å²) < 4.78 is 6.50. The minimum atomic E-state index is 0.295. The van der Waals surface area contributed by atoms with Gasteiger partial charge in [-0.15, -0.1) is 0 Å². The van der Waals surface area contributed by atoms with Crippen LogP contribution in [0.5, 0.6) is 0 Å². The smallest absolute Gasteiger partial charge is 0.0849 e. The maximum Gasteiger partial charge on any atom is 0.0849 e. The number of nitrogens with one attached hydrogen (secondary N) is 1. The van der Waals surface area contributed by atoms with Crippen LogP contribution in [0.2, 0.25) is 0 Å². The predicted molar refractivity (Wildman–Crippen MR) is 123 cm³/mol. The van der Waals surface area contributed by atoms with Crippen molar-refractivity contribution in [3.05, 3.63) is 35.7 Å². The number of allylic oxidation sites excluding steroid dienone is 4. The Morgan fingerprint density at radius 1 is 0.933 bits per heavy atom. The highest BCUT2D eigenvalue weighted by atomic mass is 16.5. The van der Waals surface area contributed by atoms with Crippen LogP contribution >= 0.6 is 0 Å². The van der Waals surface area contributed by atoms with E-state index in [1.807, 2.05) is 0 Å². The molecule has 2 nitrogen and oxygen atoms in total. The van der Waals surface area contributed by atoms with Gasteiger partial charge in [-0.25, -0.2) is 0 Å². The number of hydrogen-bond acceptors (Lipinski definition) is 2. The predicted octanol–water partition coefficient (Wildman–Crippen LogP) is 6.61. The molecule has 1 aliphatic heterocycles. The topological polar surface area (TPSA) is 21.3 Å². The number of hydrogen-bond donors (Lipinski definition) is 1. The van der Waals surface area contributed by atoms with Crippen molar-refractivity contribution in [1.82, 2.24) is 5.32 Å². The largest absolute Gasteiger partial charge is 0.370 e. The lowest BCUT2D eigenvalue weighted by Crippen LogP contribution is -2.39. The Labute approximate surface area is 183 Å². The fourth-order valence-corrected chi connectivity index (χ4v) is 9.28. The summed E-state index contributed by atoms with van der Waals surface area (Å²) in [5, 5.41) is 4.03. The highest BCUT2D eigenvalue weighted by Gasteiger charge is 2.57. The van der Waals surface area contributed by atoms with Gasteiger partial charge < -0.3 is 10.1 Å². The van der Waals surface area contributed by atoms with Gasteiger partial charge in [0.05, 0.1) is 12.2 Å². The first-order valence-corrected chi connectivity index (χ1v) is 13.1. The van der Waals surface area contributed by atoms with Crippen molar-refractivity contribution in [3.63, 3.8) is 0 Å². The standard InChI is InChI=1S/C28H41NO/c1-17-22(16-15-19-18-9-4-6-11-21(18)28(2,3)27(17)19)29-23-12-8-14-25-26(23)20-10-5-7-13-24(20)30-25/h8,12,14,16-21,24-27,29H,4-7,9-11,13,15H2,1-3H3. The molecule has 0 aromatic heterocycles. The van der Waals surface area contributed by atoms with Crippen LogP contribution in [0, 0.1) is 46.8 Å². The molecule has 0 aromatic rings. The van der Waals surface area contributed by atoms with Crippen LogP contribution in [-0.4, -0.2) is 12.2 Å². The minimum Gasteiger partial charge on any atom is -0.370 e. The van der Waals surface area contributed by atoms with Crippen molar-refractivity contribution in [2.45, 2.75) is 90.8 Å². The van der Waals surface area contributed by atoms with Crippen molar-refractivity contribution in [2.75, 3.05) is 0 Å². The first-order valence-electron chi connectivity index (χ1n) is 13.1. The fourth-order valence-electron chi connectivity index (χ4n) is 9.28. The van der Waals surface area contributed by atoms with Gasteiger partial charge in [0.15, 0.2) is 0 Å². The molecule has 6 rings (SSSR count). The van der Waals surface area contributed by atoms with E-state index in [9.17, 15) is 0 Å². The molecule has 30 heavy (non-hydrogen) atoms. The Morgan fingerprint density at radius 2 is 1.70 bits per heavy atom. The lowest BCUT2D eigenvalue weighted by atomic mass is 9.65. The zero-order chi connectivity index (χ0) is 20.5. The van der Waals surface area contributed by atoms with Crippen molar-refractivity contribution in [2.24, 2.45) is 46.8 Å². The molecule has 1 heterocycles. The van der Waals surface area contributed by atoms with Gasteiger partial charge in [0.25, 0.3) is 0 Å². The Balaban J connectivity index is 1.25. The van der Waals surface area contributed by atoms with Crippen molar-refractivity contribution >= 4 is 0 Å². The van der Waals surface area contributed by atoms with E-state index in [4.69, 9.17) is 4.74 Å². The summed E-state index contributed by atoms with van der Waals surface area (Å²) in [6.07, 6.45) is 22.8. The molecule has 1 saturated heterocycles. The van der Waals surface area contributed by atoms with Crippen molar-refractivity contribution in [3.8, 4) is 0 Å². The van der Waals surface area contributed by atoms with E-state index in [-0.39, 0.29) is 0 Å². The Kier molecular flexibility index (Phi) is 4.75. The molecule has 0 bridgehead atoms. The summed E-state index contributed by atoms with van der Waals surface area (Å²) in [5.41, 5.74) is 3.44. The SMILES string of the molecule is CC1C(NC2=CC=CC3OC4CCCCC4C23)=CCC2C3CCCCC3C(C)(C)C12. The second-order valence-corrected chi connectivity index (χ2v) is 12.0. The van der Waals surface area contributed by atoms with Crippen LogP contribution in [0.25, 0.3) is 0 Å². The lowest BCUT2D eigenvalue weighted by Gasteiger charge is -2.42. The third-order valence-electron chi connectivity index (χ3n) is 10.4. The molecule has 9 unspecified atom stereocenters. The molecule has 5 aliphatic carbocycles. The van der Waals surface area contributed by atoms with Gasteiger partial charge >= 0.3 is 0 Å². The van der Waals surface area contributed by atoms with Gasteiger partial charge in [-0.05, 0) is 79.1 Å². The Hall–Kier alpha value is -1.02. The van der Waals surface area contributed by atoms with E-state index in [1.165, 1.54) is 69.2 Å². The third-order valence-corrected chi connectivity index (χ3v) is 10.4. The highest BCUT2D eigenvalue weighted by Crippen LogP contribution is 2.64. The normalized spacial score (nSPS) is 48.7. The Bertz CT molecular complexity index is 776. The minimum absolute atomic E-state index is 0.295. The summed E-state index contributed by atoms with van der Waals surface area (Å²) in [5.74, 6) is 5.57. The van der Waals surface area contributed by atoms with E-state index in [2.05, 4.69) is 50.4 Å². The average Bonchev–Trinajstić information content (AvgIpc) is 3.24. The summed E-state index contributed by atoms with van der Waals surface area (Å²) in [7, 11) is 0. The summed E-state index contributed by atoms with van der Waals surface area (Å²) in [6, 6.07) is 0. The van der Waals surface area contributed by atoms with E-state index in [0.29, 0.717) is 35.4 Å². The third kappa shape index (κ3) is 2.85. The van der Waals surface area contributed by atoms with E-state index >= 15 is 0 Å². The van der Waals surface area contributed by atoms with Crippen LogP contribution in [0.4, 0.5) is 0 Å². The molecule has 2 heteroatoms. The van der Waals surface area contributed by atoms with Crippen LogP contribution in [0.15, 0.2) is 35.7 Å². The quantitative estimate of drug-likeness (QED) is 0.556. The second-order valence-electron chi connectivity index (χ2n) is 12.0. The number of fused-ring (bicyclic) bond motifs is 6. The molecule has 0 aromatic carbocycles.